The number of alkyl halides is 3. The summed E-state index contributed by atoms with van der Waals surface area (Å²) in [6.45, 7) is 0. The van der Waals surface area contributed by atoms with Gasteiger partial charge in [-0.25, -0.2) is 0 Å². The summed E-state index contributed by atoms with van der Waals surface area (Å²) in [7, 11) is 0. The van der Waals surface area contributed by atoms with E-state index in [0.29, 0.717) is 6.07 Å². The summed E-state index contributed by atoms with van der Waals surface area (Å²) in [6, 6.07) is 2.10. The fourth-order valence-electron chi connectivity index (χ4n) is 1.01. The second-order valence-corrected chi connectivity index (χ2v) is 2.63. The summed E-state index contributed by atoms with van der Waals surface area (Å²) in [5.74, 6) is 4.84. The average molecular weight is 221 g/mol. The molecule has 15 heavy (non-hydrogen) atoms. The molecule has 0 saturated heterocycles. The van der Waals surface area contributed by atoms with Crippen molar-refractivity contribution in [2.75, 3.05) is 5.43 Å². The molecule has 82 valence electrons. The van der Waals surface area contributed by atoms with Crippen molar-refractivity contribution in [1.82, 2.24) is 0 Å². The van der Waals surface area contributed by atoms with Gasteiger partial charge >= 0.3 is 6.18 Å². The minimum atomic E-state index is -4.60. The highest BCUT2D eigenvalue weighted by molar-refractivity contribution is 5.57. The van der Waals surface area contributed by atoms with Crippen LogP contribution in [0.3, 0.4) is 0 Å². The SMILES string of the molecule is NNc1cc([N+](=O)[O-])ccc1C(F)(F)F. The first-order chi connectivity index (χ1) is 6.86. The molecule has 0 aliphatic carbocycles. The van der Waals surface area contributed by atoms with E-state index in [1.165, 1.54) is 0 Å². The average Bonchev–Trinajstić information content (AvgIpc) is 2.15. The fourth-order valence-corrected chi connectivity index (χ4v) is 1.01. The van der Waals surface area contributed by atoms with Crippen molar-refractivity contribution in [3.8, 4) is 0 Å². The Kier molecular flexibility index (Phi) is 2.80. The quantitative estimate of drug-likeness (QED) is 0.454. The molecule has 0 atom stereocenters. The number of nitrogens with one attached hydrogen (secondary N) is 1. The van der Waals surface area contributed by atoms with Gasteiger partial charge in [-0.15, -0.1) is 0 Å². The van der Waals surface area contributed by atoms with Gasteiger partial charge in [0.1, 0.15) is 0 Å². The van der Waals surface area contributed by atoms with Crippen LogP contribution in [0.4, 0.5) is 24.5 Å². The van der Waals surface area contributed by atoms with Gasteiger partial charge in [0, 0.05) is 12.1 Å². The van der Waals surface area contributed by atoms with Gasteiger partial charge in [-0.2, -0.15) is 13.2 Å². The topological polar surface area (TPSA) is 81.2 Å². The third-order valence-corrected chi connectivity index (χ3v) is 1.67. The highest BCUT2D eigenvalue weighted by Crippen LogP contribution is 2.36. The second-order valence-electron chi connectivity index (χ2n) is 2.63. The molecule has 0 fully saturated rings. The Morgan fingerprint density at radius 2 is 2.00 bits per heavy atom. The summed E-state index contributed by atoms with van der Waals surface area (Å²) >= 11 is 0. The number of non-ortho nitro benzene ring substituents is 1. The van der Waals surface area contributed by atoms with Gasteiger partial charge in [-0.05, 0) is 6.07 Å². The van der Waals surface area contributed by atoms with Gasteiger partial charge in [0.05, 0.1) is 16.2 Å². The molecule has 5 nitrogen and oxygen atoms in total. The van der Waals surface area contributed by atoms with Crippen molar-refractivity contribution >= 4 is 11.4 Å². The molecule has 3 N–H and O–H groups in total. The van der Waals surface area contributed by atoms with Crippen molar-refractivity contribution < 1.29 is 18.1 Å². The number of anilines is 1. The Balaban J connectivity index is 3.27. The van der Waals surface area contributed by atoms with E-state index in [2.05, 4.69) is 0 Å². The third-order valence-electron chi connectivity index (χ3n) is 1.67. The van der Waals surface area contributed by atoms with Gasteiger partial charge in [0.2, 0.25) is 0 Å². The number of hydrogen-bond acceptors (Lipinski definition) is 4. The van der Waals surface area contributed by atoms with E-state index in [1.54, 1.807) is 5.43 Å². The largest absolute Gasteiger partial charge is 0.418 e. The number of hydrazine groups is 1. The van der Waals surface area contributed by atoms with Crippen LogP contribution in [0.1, 0.15) is 5.56 Å². The van der Waals surface area contributed by atoms with E-state index < -0.39 is 28.0 Å². The lowest BCUT2D eigenvalue weighted by atomic mass is 10.1. The van der Waals surface area contributed by atoms with Crippen LogP contribution in [0.15, 0.2) is 18.2 Å². The van der Waals surface area contributed by atoms with Crippen LogP contribution < -0.4 is 11.3 Å². The predicted octanol–water partition coefficient (Wildman–Crippen LogP) is 1.90. The normalized spacial score (nSPS) is 11.2. The van der Waals surface area contributed by atoms with Gasteiger partial charge in [0.25, 0.3) is 5.69 Å². The molecule has 0 aliphatic rings. The lowest BCUT2D eigenvalue weighted by molar-refractivity contribution is -0.384. The van der Waals surface area contributed by atoms with Crippen LogP contribution in [-0.4, -0.2) is 4.92 Å². The molecule has 0 bridgehead atoms. The first-order valence-corrected chi connectivity index (χ1v) is 3.68. The first kappa shape index (κ1) is 11.2. The minimum absolute atomic E-state index is 0.462. The van der Waals surface area contributed by atoms with Crippen LogP contribution in [0.25, 0.3) is 0 Å². The number of nitrogens with zero attached hydrogens (tertiary/aromatic N) is 1. The number of nitro benzene ring substituents is 1. The molecule has 0 heterocycles. The zero-order valence-electron chi connectivity index (χ0n) is 7.21. The van der Waals surface area contributed by atoms with E-state index in [9.17, 15) is 23.3 Å². The molecule has 0 amide bonds. The summed E-state index contributed by atoms with van der Waals surface area (Å²) in [5, 5.41) is 10.3. The Morgan fingerprint density at radius 3 is 2.40 bits per heavy atom. The highest BCUT2D eigenvalue weighted by Gasteiger charge is 2.34. The second kappa shape index (κ2) is 3.73. The summed E-state index contributed by atoms with van der Waals surface area (Å²) in [5.41, 5.74) is -0.266. The summed E-state index contributed by atoms with van der Waals surface area (Å²) in [6.07, 6.45) is -4.60. The van der Waals surface area contributed by atoms with E-state index in [1.807, 2.05) is 0 Å². The van der Waals surface area contributed by atoms with Gasteiger partial charge < -0.3 is 5.43 Å². The molecular weight excluding hydrogens is 215 g/mol. The van der Waals surface area contributed by atoms with E-state index in [0.717, 1.165) is 12.1 Å². The number of halogens is 3. The monoisotopic (exact) mass is 221 g/mol. The van der Waals surface area contributed by atoms with Crippen LogP contribution in [0.5, 0.6) is 0 Å². The summed E-state index contributed by atoms with van der Waals surface area (Å²) in [4.78, 5) is 9.48. The van der Waals surface area contributed by atoms with E-state index in [4.69, 9.17) is 5.84 Å². The van der Waals surface area contributed by atoms with Crippen molar-refractivity contribution in [2.24, 2.45) is 5.84 Å². The Hall–Kier alpha value is -1.83. The van der Waals surface area contributed by atoms with Gasteiger partial charge in [-0.1, -0.05) is 0 Å². The zero-order chi connectivity index (χ0) is 11.6. The fraction of sp³-hybridized carbons (Fsp3) is 0.143. The smallest absolute Gasteiger partial charge is 0.323 e. The van der Waals surface area contributed by atoms with Crippen LogP contribution in [-0.2, 0) is 6.18 Å². The highest BCUT2D eigenvalue weighted by atomic mass is 19.4. The first-order valence-electron chi connectivity index (χ1n) is 3.68. The summed E-state index contributed by atoms with van der Waals surface area (Å²) < 4.78 is 36.9. The molecule has 1 aromatic rings. The lowest BCUT2D eigenvalue weighted by Crippen LogP contribution is -2.15. The Morgan fingerprint density at radius 1 is 1.40 bits per heavy atom. The number of rotatable bonds is 2. The van der Waals surface area contributed by atoms with E-state index >= 15 is 0 Å². The molecule has 0 aliphatic heterocycles. The number of nitrogens with two attached hydrogens (primary N) is 1. The third kappa shape index (κ3) is 2.34. The van der Waals surface area contributed by atoms with Crippen molar-refractivity contribution in [1.29, 1.82) is 0 Å². The maximum atomic E-state index is 12.3. The van der Waals surface area contributed by atoms with Crippen LogP contribution >= 0.6 is 0 Å². The molecule has 8 heteroatoms. The van der Waals surface area contributed by atoms with Gasteiger partial charge in [-0.3, -0.25) is 16.0 Å². The number of nitro groups is 1. The standard InChI is InChI=1S/C7H6F3N3O2/c8-7(9,10)5-2-1-4(13(14)15)3-6(5)12-11/h1-3,12H,11H2. The molecule has 1 aromatic carbocycles. The minimum Gasteiger partial charge on any atom is -0.323 e. The number of benzene rings is 1. The number of nitrogen functional groups attached to an aromatic ring is 1. The van der Waals surface area contributed by atoms with Crippen molar-refractivity contribution in [2.45, 2.75) is 6.18 Å². The molecule has 0 unspecified atom stereocenters. The molecule has 0 aromatic heterocycles. The molecule has 0 radical (unpaired) electrons. The zero-order valence-corrected chi connectivity index (χ0v) is 7.21. The molecule has 0 spiro atoms. The van der Waals surface area contributed by atoms with Crippen molar-refractivity contribution in [3.05, 3.63) is 33.9 Å². The van der Waals surface area contributed by atoms with Crippen LogP contribution in [0, 0.1) is 10.1 Å². The molecule has 1 rings (SSSR count). The molecular formula is C7H6F3N3O2. The number of hydrogen-bond donors (Lipinski definition) is 2. The van der Waals surface area contributed by atoms with Crippen LogP contribution in [0.2, 0.25) is 0 Å². The maximum absolute atomic E-state index is 12.3. The Labute approximate surface area is 81.8 Å². The van der Waals surface area contributed by atoms with E-state index in [-0.39, 0.29) is 0 Å². The van der Waals surface area contributed by atoms with Crippen molar-refractivity contribution in [3.63, 3.8) is 0 Å². The maximum Gasteiger partial charge on any atom is 0.418 e. The molecule has 0 saturated carbocycles. The lowest BCUT2D eigenvalue weighted by Gasteiger charge is -2.11. The predicted molar refractivity (Wildman–Crippen MR) is 45.9 cm³/mol. The van der Waals surface area contributed by atoms with Gasteiger partial charge in [0.15, 0.2) is 0 Å². The Bertz CT molecular complexity index is 392.